The number of aryl methyl sites for hydroxylation is 1. The maximum Gasteiger partial charge on any atom is 0.573 e. The van der Waals surface area contributed by atoms with Crippen molar-refractivity contribution in [3.05, 3.63) is 41.0 Å². The quantitative estimate of drug-likeness (QED) is 0.837. The first-order valence-corrected chi connectivity index (χ1v) is 5.59. The van der Waals surface area contributed by atoms with Crippen LogP contribution >= 0.6 is 11.6 Å². The minimum atomic E-state index is -4.70. The van der Waals surface area contributed by atoms with Crippen molar-refractivity contribution >= 4 is 11.6 Å². The molecule has 0 unspecified atom stereocenters. The lowest BCUT2D eigenvalue weighted by atomic mass is 10.1. The zero-order chi connectivity index (χ0) is 14.0. The van der Waals surface area contributed by atoms with E-state index >= 15 is 0 Å². The Labute approximate surface area is 112 Å². The number of aromatic nitrogens is 2. The van der Waals surface area contributed by atoms with Crippen LogP contribution in [-0.4, -0.2) is 16.6 Å². The SMILES string of the molecule is Cc1cc(OC(F)(F)F)ccc1-c1ccc(Cl)nn1. The van der Waals surface area contributed by atoms with E-state index in [2.05, 4.69) is 14.9 Å². The number of alkyl halides is 3. The van der Waals surface area contributed by atoms with Crippen LogP contribution in [0.3, 0.4) is 0 Å². The molecule has 0 fully saturated rings. The molecule has 100 valence electrons. The van der Waals surface area contributed by atoms with Gasteiger partial charge in [-0.15, -0.1) is 23.4 Å². The first-order valence-electron chi connectivity index (χ1n) is 5.21. The monoisotopic (exact) mass is 288 g/mol. The summed E-state index contributed by atoms with van der Waals surface area (Å²) >= 11 is 5.62. The standard InChI is InChI=1S/C12H8ClF3N2O/c1-7-6-8(19-12(14,15)16)2-3-9(7)10-4-5-11(13)18-17-10/h2-6H,1H3. The molecular formula is C12H8ClF3N2O. The Kier molecular flexibility index (Phi) is 3.61. The fourth-order valence-corrected chi connectivity index (χ4v) is 1.68. The molecule has 0 amide bonds. The van der Waals surface area contributed by atoms with E-state index in [1.54, 1.807) is 19.1 Å². The van der Waals surface area contributed by atoms with Crippen molar-refractivity contribution < 1.29 is 17.9 Å². The van der Waals surface area contributed by atoms with Gasteiger partial charge < -0.3 is 4.74 Å². The van der Waals surface area contributed by atoms with E-state index in [1.165, 1.54) is 18.2 Å². The van der Waals surface area contributed by atoms with Gasteiger partial charge >= 0.3 is 6.36 Å². The largest absolute Gasteiger partial charge is 0.573 e. The van der Waals surface area contributed by atoms with Gasteiger partial charge in [-0.25, -0.2) is 0 Å². The Morgan fingerprint density at radius 3 is 2.37 bits per heavy atom. The third kappa shape index (κ3) is 3.57. The van der Waals surface area contributed by atoms with Crippen LogP contribution in [0.5, 0.6) is 5.75 Å². The minimum absolute atomic E-state index is 0.249. The smallest absolute Gasteiger partial charge is 0.406 e. The second kappa shape index (κ2) is 5.05. The molecule has 0 spiro atoms. The average molecular weight is 289 g/mol. The highest BCUT2D eigenvalue weighted by atomic mass is 35.5. The summed E-state index contributed by atoms with van der Waals surface area (Å²) in [6.45, 7) is 1.66. The molecule has 2 aromatic rings. The van der Waals surface area contributed by atoms with Crippen LogP contribution in [0.25, 0.3) is 11.3 Å². The summed E-state index contributed by atoms with van der Waals surface area (Å²) < 4.78 is 40.1. The van der Waals surface area contributed by atoms with E-state index < -0.39 is 6.36 Å². The van der Waals surface area contributed by atoms with Gasteiger partial charge in [0.15, 0.2) is 5.15 Å². The van der Waals surface area contributed by atoms with Crippen molar-refractivity contribution in [3.63, 3.8) is 0 Å². The lowest BCUT2D eigenvalue weighted by Gasteiger charge is -2.11. The topological polar surface area (TPSA) is 35.0 Å². The molecule has 1 aromatic carbocycles. The number of benzene rings is 1. The van der Waals surface area contributed by atoms with E-state index in [9.17, 15) is 13.2 Å². The molecule has 0 aliphatic heterocycles. The summed E-state index contributed by atoms with van der Waals surface area (Å²) in [5.74, 6) is -0.268. The van der Waals surface area contributed by atoms with Crippen LogP contribution in [0.1, 0.15) is 5.56 Å². The summed E-state index contributed by atoms with van der Waals surface area (Å²) in [4.78, 5) is 0. The Hall–Kier alpha value is -1.82. The van der Waals surface area contributed by atoms with Crippen LogP contribution in [0.2, 0.25) is 5.15 Å². The first-order chi connectivity index (χ1) is 8.85. The van der Waals surface area contributed by atoms with Crippen LogP contribution in [0.15, 0.2) is 30.3 Å². The van der Waals surface area contributed by atoms with E-state index in [-0.39, 0.29) is 10.9 Å². The molecule has 19 heavy (non-hydrogen) atoms. The molecule has 2 rings (SSSR count). The van der Waals surface area contributed by atoms with E-state index in [0.29, 0.717) is 16.8 Å². The van der Waals surface area contributed by atoms with Crippen LogP contribution in [0.4, 0.5) is 13.2 Å². The third-order valence-corrected chi connectivity index (χ3v) is 2.54. The summed E-state index contributed by atoms with van der Waals surface area (Å²) in [5, 5.41) is 7.80. The molecule has 1 heterocycles. The van der Waals surface area contributed by atoms with Gasteiger partial charge in [-0.1, -0.05) is 11.6 Å². The van der Waals surface area contributed by atoms with Gasteiger partial charge in [-0.2, -0.15) is 0 Å². The second-order valence-electron chi connectivity index (χ2n) is 3.77. The zero-order valence-electron chi connectivity index (χ0n) is 9.70. The molecule has 0 saturated heterocycles. The molecule has 0 N–H and O–H groups in total. The highest BCUT2D eigenvalue weighted by Gasteiger charge is 2.31. The number of hydrogen-bond donors (Lipinski definition) is 0. The molecule has 3 nitrogen and oxygen atoms in total. The van der Waals surface area contributed by atoms with Crippen LogP contribution in [0, 0.1) is 6.92 Å². The van der Waals surface area contributed by atoms with E-state index in [4.69, 9.17) is 11.6 Å². The molecule has 0 aliphatic carbocycles. The lowest BCUT2D eigenvalue weighted by Crippen LogP contribution is -2.17. The molecule has 0 bridgehead atoms. The van der Waals surface area contributed by atoms with E-state index in [1.807, 2.05) is 0 Å². The molecular weight excluding hydrogens is 281 g/mol. The maximum absolute atomic E-state index is 12.1. The van der Waals surface area contributed by atoms with Gasteiger partial charge in [0, 0.05) is 5.56 Å². The summed E-state index contributed by atoms with van der Waals surface area (Å²) in [7, 11) is 0. The number of halogens is 4. The average Bonchev–Trinajstić information content (AvgIpc) is 2.29. The van der Waals surface area contributed by atoms with Gasteiger partial charge in [-0.3, -0.25) is 0 Å². The Bertz CT molecular complexity index is 585. The van der Waals surface area contributed by atoms with Crippen molar-refractivity contribution in [2.45, 2.75) is 13.3 Å². The molecule has 0 saturated carbocycles. The highest BCUT2D eigenvalue weighted by Crippen LogP contribution is 2.28. The van der Waals surface area contributed by atoms with Crippen molar-refractivity contribution in [1.29, 1.82) is 0 Å². The molecule has 1 aromatic heterocycles. The molecule has 7 heteroatoms. The Morgan fingerprint density at radius 1 is 1.11 bits per heavy atom. The molecule has 0 radical (unpaired) electrons. The summed E-state index contributed by atoms with van der Waals surface area (Å²) in [6, 6.07) is 7.21. The van der Waals surface area contributed by atoms with Crippen LogP contribution < -0.4 is 4.74 Å². The number of rotatable bonds is 2. The number of nitrogens with zero attached hydrogens (tertiary/aromatic N) is 2. The Morgan fingerprint density at radius 2 is 1.84 bits per heavy atom. The van der Waals surface area contributed by atoms with Gasteiger partial charge in [0.2, 0.25) is 0 Å². The summed E-state index contributed by atoms with van der Waals surface area (Å²) in [6.07, 6.45) is -4.70. The molecule has 0 atom stereocenters. The van der Waals surface area contributed by atoms with E-state index in [0.717, 1.165) is 0 Å². The number of ether oxygens (including phenoxy) is 1. The third-order valence-electron chi connectivity index (χ3n) is 2.34. The normalized spacial score (nSPS) is 11.4. The van der Waals surface area contributed by atoms with Crippen LogP contribution in [-0.2, 0) is 0 Å². The predicted molar refractivity (Wildman–Crippen MR) is 63.9 cm³/mol. The van der Waals surface area contributed by atoms with Crippen molar-refractivity contribution in [2.24, 2.45) is 0 Å². The maximum atomic E-state index is 12.1. The zero-order valence-corrected chi connectivity index (χ0v) is 10.5. The second-order valence-corrected chi connectivity index (χ2v) is 4.15. The molecule has 0 aliphatic rings. The fourth-order valence-electron chi connectivity index (χ4n) is 1.58. The van der Waals surface area contributed by atoms with Crippen molar-refractivity contribution in [3.8, 4) is 17.0 Å². The lowest BCUT2D eigenvalue weighted by molar-refractivity contribution is -0.274. The van der Waals surface area contributed by atoms with Gasteiger partial charge in [0.25, 0.3) is 0 Å². The number of hydrogen-bond acceptors (Lipinski definition) is 3. The Balaban J connectivity index is 2.31. The minimum Gasteiger partial charge on any atom is -0.406 e. The van der Waals surface area contributed by atoms with Gasteiger partial charge in [0.1, 0.15) is 5.75 Å². The first kappa shape index (κ1) is 13.6. The fraction of sp³-hybridized carbons (Fsp3) is 0.167. The summed E-state index contributed by atoms with van der Waals surface area (Å²) in [5.41, 5.74) is 1.79. The van der Waals surface area contributed by atoms with Crippen molar-refractivity contribution in [1.82, 2.24) is 10.2 Å². The highest BCUT2D eigenvalue weighted by molar-refractivity contribution is 6.29. The predicted octanol–water partition coefficient (Wildman–Crippen LogP) is 4.00. The van der Waals surface area contributed by atoms with Gasteiger partial charge in [-0.05, 0) is 42.8 Å². The van der Waals surface area contributed by atoms with Crippen molar-refractivity contribution in [2.75, 3.05) is 0 Å². The van der Waals surface area contributed by atoms with Gasteiger partial charge in [0.05, 0.1) is 5.69 Å².